The van der Waals surface area contributed by atoms with Crippen molar-refractivity contribution < 1.29 is 17.9 Å². The van der Waals surface area contributed by atoms with Crippen LogP contribution < -0.4 is 14.4 Å². The molecule has 0 spiro atoms. The van der Waals surface area contributed by atoms with Crippen molar-refractivity contribution in [1.82, 2.24) is 0 Å². The van der Waals surface area contributed by atoms with E-state index >= 15 is 0 Å². The number of benzene rings is 2. The topological polar surface area (TPSA) is 75.7 Å². The van der Waals surface area contributed by atoms with E-state index in [1.54, 1.807) is 43.4 Å². The van der Waals surface area contributed by atoms with E-state index in [-0.39, 0.29) is 17.4 Å². The lowest BCUT2D eigenvalue weighted by molar-refractivity contribution is -0.127. The standard InChI is InChI=1S/C18H20N2O4S/c1-18(2)12-24-16-10-9-13(11-15(16)20(3)17(18)21)19-25(22,23)14-7-5-4-6-8-14/h4-11,19H,12H2,1-3H3. The zero-order valence-electron chi connectivity index (χ0n) is 14.3. The number of rotatable bonds is 3. The Morgan fingerprint density at radius 3 is 2.48 bits per heavy atom. The number of fused-ring (bicyclic) bond motifs is 1. The Morgan fingerprint density at radius 2 is 1.80 bits per heavy atom. The summed E-state index contributed by atoms with van der Waals surface area (Å²) in [6, 6.07) is 13.0. The summed E-state index contributed by atoms with van der Waals surface area (Å²) in [4.78, 5) is 14.2. The average molecular weight is 360 g/mol. The summed E-state index contributed by atoms with van der Waals surface area (Å²) in [5.41, 5.74) is 0.242. The molecule has 0 aliphatic carbocycles. The van der Waals surface area contributed by atoms with E-state index < -0.39 is 15.4 Å². The van der Waals surface area contributed by atoms with Gasteiger partial charge in [-0.25, -0.2) is 8.42 Å². The molecule has 1 aliphatic rings. The molecule has 7 heteroatoms. The van der Waals surface area contributed by atoms with Gasteiger partial charge in [-0.1, -0.05) is 18.2 Å². The molecule has 1 heterocycles. The number of hydrogen-bond acceptors (Lipinski definition) is 4. The van der Waals surface area contributed by atoms with Gasteiger partial charge >= 0.3 is 0 Å². The van der Waals surface area contributed by atoms with Crippen LogP contribution in [0.4, 0.5) is 11.4 Å². The Bertz CT molecular complexity index is 908. The van der Waals surface area contributed by atoms with E-state index in [0.717, 1.165) is 0 Å². The van der Waals surface area contributed by atoms with Crippen molar-refractivity contribution in [3.63, 3.8) is 0 Å². The zero-order chi connectivity index (χ0) is 18.2. The smallest absolute Gasteiger partial charge is 0.261 e. The number of anilines is 2. The van der Waals surface area contributed by atoms with Gasteiger partial charge in [-0.2, -0.15) is 0 Å². The van der Waals surface area contributed by atoms with Crippen molar-refractivity contribution in [3.05, 3.63) is 48.5 Å². The molecule has 0 fully saturated rings. The fraction of sp³-hybridized carbons (Fsp3) is 0.278. The monoisotopic (exact) mass is 360 g/mol. The first-order chi connectivity index (χ1) is 11.7. The summed E-state index contributed by atoms with van der Waals surface area (Å²) in [7, 11) is -2.04. The average Bonchev–Trinajstić information content (AvgIpc) is 2.66. The van der Waals surface area contributed by atoms with E-state index in [1.807, 2.05) is 13.8 Å². The minimum atomic E-state index is -3.70. The number of nitrogens with one attached hydrogen (secondary N) is 1. The molecule has 1 aliphatic heterocycles. The van der Waals surface area contributed by atoms with Gasteiger partial charge in [0.1, 0.15) is 12.4 Å². The zero-order valence-corrected chi connectivity index (χ0v) is 15.1. The molecular weight excluding hydrogens is 340 g/mol. The van der Waals surface area contributed by atoms with E-state index in [9.17, 15) is 13.2 Å². The Labute approximate surface area is 147 Å². The van der Waals surface area contributed by atoms with Crippen LogP contribution in [0, 0.1) is 5.41 Å². The highest BCUT2D eigenvalue weighted by Crippen LogP contribution is 2.37. The maximum Gasteiger partial charge on any atom is 0.261 e. The maximum atomic E-state index is 12.6. The first-order valence-electron chi connectivity index (χ1n) is 7.84. The minimum Gasteiger partial charge on any atom is -0.490 e. The number of sulfonamides is 1. The number of nitrogens with zero attached hydrogens (tertiary/aromatic N) is 1. The van der Waals surface area contributed by atoms with Gasteiger partial charge in [0.2, 0.25) is 5.91 Å². The molecule has 1 N–H and O–H groups in total. The largest absolute Gasteiger partial charge is 0.490 e. The Morgan fingerprint density at radius 1 is 1.12 bits per heavy atom. The quantitative estimate of drug-likeness (QED) is 0.913. The molecule has 0 radical (unpaired) electrons. The van der Waals surface area contributed by atoms with E-state index in [1.165, 1.54) is 17.0 Å². The number of carbonyl (C=O) groups excluding carboxylic acids is 1. The van der Waals surface area contributed by atoms with Crippen LogP contribution in [0.3, 0.4) is 0 Å². The minimum absolute atomic E-state index is 0.0886. The van der Waals surface area contributed by atoms with Crippen LogP contribution in [0.1, 0.15) is 13.8 Å². The Hall–Kier alpha value is -2.54. The van der Waals surface area contributed by atoms with Crippen molar-refractivity contribution in [2.24, 2.45) is 5.41 Å². The van der Waals surface area contributed by atoms with Crippen molar-refractivity contribution in [3.8, 4) is 5.75 Å². The molecule has 0 aromatic heterocycles. The second kappa shape index (κ2) is 6.07. The molecule has 0 atom stereocenters. The first-order valence-corrected chi connectivity index (χ1v) is 9.32. The second-order valence-electron chi connectivity index (χ2n) is 6.64. The second-order valence-corrected chi connectivity index (χ2v) is 8.32. The normalized spacial score (nSPS) is 16.6. The number of ether oxygens (including phenoxy) is 1. The highest BCUT2D eigenvalue weighted by atomic mass is 32.2. The molecule has 0 saturated heterocycles. The van der Waals surface area contributed by atoms with Gasteiger partial charge in [-0.15, -0.1) is 0 Å². The summed E-state index contributed by atoms with van der Waals surface area (Å²) in [6.07, 6.45) is 0. The van der Waals surface area contributed by atoms with Gasteiger partial charge in [0.05, 0.1) is 21.7 Å². The van der Waals surface area contributed by atoms with Gasteiger partial charge < -0.3 is 9.64 Å². The molecule has 2 aromatic rings. The highest BCUT2D eigenvalue weighted by molar-refractivity contribution is 7.92. The van der Waals surface area contributed by atoms with Crippen molar-refractivity contribution >= 4 is 27.3 Å². The van der Waals surface area contributed by atoms with Crippen LogP contribution in [0.2, 0.25) is 0 Å². The molecule has 2 aromatic carbocycles. The maximum absolute atomic E-state index is 12.6. The Balaban J connectivity index is 1.95. The third-order valence-corrected chi connectivity index (χ3v) is 5.50. The molecule has 6 nitrogen and oxygen atoms in total. The van der Waals surface area contributed by atoms with Crippen LogP contribution in [-0.2, 0) is 14.8 Å². The van der Waals surface area contributed by atoms with Gasteiger partial charge in [-0.05, 0) is 44.2 Å². The van der Waals surface area contributed by atoms with Crippen LogP contribution in [0.15, 0.2) is 53.4 Å². The number of carbonyl (C=O) groups is 1. The van der Waals surface area contributed by atoms with Crippen molar-refractivity contribution in [2.45, 2.75) is 18.7 Å². The fourth-order valence-corrected chi connectivity index (χ4v) is 3.73. The molecule has 0 saturated carbocycles. The molecule has 0 bridgehead atoms. The molecule has 3 rings (SSSR count). The summed E-state index contributed by atoms with van der Waals surface area (Å²) >= 11 is 0. The Kier molecular flexibility index (Phi) is 4.20. The van der Waals surface area contributed by atoms with Gasteiger partial charge in [0, 0.05) is 7.05 Å². The van der Waals surface area contributed by atoms with Gasteiger partial charge in [0.15, 0.2) is 0 Å². The summed E-state index contributed by atoms with van der Waals surface area (Å²) < 4.78 is 33.2. The van der Waals surface area contributed by atoms with E-state index in [2.05, 4.69) is 4.72 Å². The van der Waals surface area contributed by atoms with Crippen LogP contribution in [0.25, 0.3) is 0 Å². The number of hydrogen-bond donors (Lipinski definition) is 1. The van der Waals surface area contributed by atoms with E-state index in [0.29, 0.717) is 17.1 Å². The third kappa shape index (κ3) is 3.32. The van der Waals surface area contributed by atoms with Gasteiger partial charge in [-0.3, -0.25) is 9.52 Å². The first kappa shape index (κ1) is 17.3. The van der Waals surface area contributed by atoms with Crippen molar-refractivity contribution in [1.29, 1.82) is 0 Å². The fourth-order valence-electron chi connectivity index (χ4n) is 2.66. The summed E-state index contributed by atoms with van der Waals surface area (Å²) in [5.74, 6) is 0.457. The summed E-state index contributed by atoms with van der Waals surface area (Å²) in [5, 5.41) is 0. The van der Waals surface area contributed by atoms with Crippen LogP contribution >= 0.6 is 0 Å². The van der Waals surface area contributed by atoms with Crippen LogP contribution in [-0.4, -0.2) is 28.0 Å². The van der Waals surface area contributed by atoms with Crippen molar-refractivity contribution in [2.75, 3.05) is 23.3 Å². The van der Waals surface area contributed by atoms with Crippen LogP contribution in [0.5, 0.6) is 5.75 Å². The predicted molar refractivity (Wildman–Crippen MR) is 96.4 cm³/mol. The SMILES string of the molecule is CN1C(=O)C(C)(C)COc2ccc(NS(=O)(=O)c3ccccc3)cc21. The van der Waals surface area contributed by atoms with Gasteiger partial charge in [0.25, 0.3) is 10.0 Å². The summed E-state index contributed by atoms with van der Waals surface area (Å²) in [6.45, 7) is 3.89. The number of amides is 1. The lowest BCUT2D eigenvalue weighted by Crippen LogP contribution is -2.39. The molecular formula is C18H20N2O4S. The van der Waals surface area contributed by atoms with E-state index in [4.69, 9.17) is 4.74 Å². The highest BCUT2D eigenvalue weighted by Gasteiger charge is 2.36. The lowest BCUT2D eigenvalue weighted by atomic mass is 9.93. The molecule has 1 amide bonds. The molecule has 0 unspecified atom stereocenters. The molecule has 132 valence electrons. The molecule has 25 heavy (non-hydrogen) atoms. The lowest BCUT2D eigenvalue weighted by Gasteiger charge is -2.24. The predicted octanol–water partition coefficient (Wildman–Crippen LogP) is 2.87. The third-order valence-electron chi connectivity index (χ3n) is 4.10.